The first-order chi connectivity index (χ1) is 11.3. The molecular formula is C18H13N3O2. The van der Waals surface area contributed by atoms with Crippen LogP contribution in [0.2, 0.25) is 0 Å². The molecule has 0 N–H and O–H groups in total. The lowest BCUT2D eigenvalue weighted by atomic mass is 10.1. The zero-order valence-corrected chi connectivity index (χ0v) is 12.4. The summed E-state index contributed by atoms with van der Waals surface area (Å²) in [4.78, 5) is 12.9. The maximum atomic E-state index is 5.78. The molecule has 4 aromatic rings. The van der Waals surface area contributed by atoms with Crippen LogP contribution >= 0.6 is 0 Å². The number of pyridine rings is 2. The predicted octanol–water partition coefficient (Wildman–Crippen LogP) is 3.96. The summed E-state index contributed by atoms with van der Waals surface area (Å²) < 4.78 is 11.3. The third-order valence-electron chi connectivity index (χ3n) is 3.58. The van der Waals surface area contributed by atoms with Gasteiger partial charge in [-0.3, -0.25) is 9.97 Å². The van der Waals surface area contributed by atoms with Crippen LogP contribution in [0.25, 0.3) is 33.8 Å². The van der Waals surface area contributed by atoms with E-state index in [4.69, 9.17) is 9.15 Å². The van der Waals surface area contributed by atoms with Crippen molar-refractivity contribution < 1.29 is 9.15 Å². The number of oxazole rings is 1. The fourth-order valence-electron chi connectivity index (χ4n) is 2.46. The van der Waals surface area contributed by atoms with Crippen molar-refractivity contribution in [2.45, 2.75) is 0 Å². The van der Waals surface area contributed by atoms with E-state index >= 15 is 0 Å². The van der Waals surface area contributed by atoms with Crippen LogP contribution in [-0.4, -0.2) is 22.1 Å². The van der Waals surface area contributed by atoms with Crippen molar-refractivity contribution >= 4 is 11.1 Å². The highest BCUT2D eigenvalue weighted by Crippen LogP contribution is 2.33. The summed E-state index contributed by atoms with van der Waals surface area (Å²) in [5.74, 6) is 1.26. The van der Waals surface area contributed by atoms with Gasteiger partial charge in [0.15, 0.2) is 5.58 Å². The Bertz CT molecular complexity index is 931. The Kier molecular flexibility index (Phi) is 3.24. The Balaban J connectivity index is 1.81. The molecule has 5 heteroatoms. The topological polar surface area (TPSA) is 61.0 Å². The monoisotopic (exact) mass is 303 g/mol. The van der Waals surface area contributed by atoms with Gasteiger partial charge in [0.2, 0.25) is 5.89 Å². The second kappa shape index (κ2) is 5.53. The molecule has 3 aromatic heterocycles. The first kappa shape index (κ1) is 13.5. The standard InChI is InChI=1S/C18H13N3O2/c1-22-17-10-12(5-6-13(17)14-4-2-3-8-20-14)18-21-15-11-19-9-7-16(15)23-18/h2-11H,1H3. The van der Waals surface area contributed by atoms with Crippen LogP contribution in [0.15, 0.2) is 65.5 Å². The predicted molar refractivity (Wildman–Crippen MR) is 87.0 cm³/mol. The molecule has 0 saturated heterocycles. The molecule has 112 valence electrons. The first-order valence-electron chi connectivity index (χ1n) is 7.15. The lowest BCUT2D eigenvalue weighted by Gasteiger charge is -2.09. The van der Waals surface area contributed by atoms with Crippen molar-refractivity contribution in [1.82, 2.24) is 15.0 Å². The van der Waals surface area contributed by atoms with E-state index in [1.54, 1.807) is 31.8 Å². The highest BCUT2D eigenvalue weighted by atomic mass is 16.5. The zero-order chi connectivity index (χ0) is 15.6. The number of methoxy groups -OCH3 is 1. The minimum absolute atomic E-state index is 0.541. The summed E-state index contributed by atoms with van der Waals surface area (Å²) >= 11 is 0. The molecule has 0 amide bonds. The molecule has 1 aromatic carbocycles. The summed E-state index contributed by atoms with van der Waals surface area (Å²) in [5, 5.41) is 0. The SMILES string of the molecule is COc1cc(-c2nc3cnccc3o2)ccc1-c1ccccn1. The van der Waals surface area contributed by atoms with E-state index in [9.17, 15) is 0 Å². The summed E-state index contributed by atoms with van der Waals surface area (Å²) in [6.07, 6.45) is 5.13. The van der Waals surface area contributed by atoms with E-state index in [0.29, 0.717) is 11.5 Å². The van der Waals surface area contributed by atoms with Gasteiger partial charge in [0.1, 0.15) is 11.3 Å². The van der Waals surface area contributed by atoms with Gasteiger partial charge < -0.3 is 9.15 Å². The smallest absolute Gasteiger partial charge is 0.227 e. The largest absolute Gasteiger partial charge is 0.496 e. The normalized spacial score (nSPS) is 10.8. The molecule has 0 aliphatic rings. The van der Waals surface area contributed by atoms with Crippen LogP contribution in [0.4, 0.5) is 0 Å². The molecule has 0 spiro atoms. The van der Waals surface area contributed by atoms with Gasteiger partial charge in [-0.15, -0.1) is 0 Å². The maximum absolute atomic E-state index is 5.78. The summed E-state index contributed by atoms with van der Waals surface area (Å²) in [5.41, 5.74) is 4.07. The number of benzene rings is 1. The summed E-state index contributed by atoms with van der Waals surface area (Å²) in [6.45, 7) is 0. The van der Waals surface area contributed by atoms with Crippen LogP contribution < -0.4 is 4.74 Å². The van der Waals surface area contributed by atoms with Crippen LogP contribution in [0.1, 0.15) is 0 Å². The Labute approximate surface area is 132 Å². The summed E-state index contributed by atoms with van der Waals surface area (Å²) in [6, 6.07) is 13.4. The highest BCUT2D eigenvalue weighted by molar-refractivity contribution is 5.77. The quantitative estimate of drug-likeness (QED) is 0.573. The van der Waals surface area contributed by atoms with E-state index in [0.717, 1.165) is 28.1 Å². The highest BCUT2D eigenvalue weighted by Gasteiger charge is 2.13. The number of nitrogens with zero attached hydrogens (tertiary/aromatic N) is 3. The average molecular weight is 303 g/mol. The lowest BCUT2D eigenvalue weighted by Crippen LogP contribution is -1.91. The summed E-state index contributed by atoms with van der Waals surface area (Å²) in [7, 11) is 1.64. The van der Waals surface area contributed by atoms with Crippen molar-refractivity contribution in [2.75, 3.05) is 7.11 Å². The minimum atomic E-state index is 0.541. The number of hydrogen-bond acceptors (Lipinski definition) is 5. The third kappa shape index (κ3) is 2.42. The Hall–Kier alpha value is -3.21. The molecular weight excluding hydrogens is 290 g/mol. The fraction of sp³-hybridized carbons (Fsp3) is 0.0556. The van der Waals surface area contributed by atoms with Crippen molar-refractivity contribution in [3.63, 3.8) is 0 Å². The molecule has 0 fully saturated rings. The minimum Gasteiger partial charge on any atom is -0.496 e. The van der Waals surface area contributed by atoms with Crippen LogP contribution in [0.5, 0.6) is 5.75 Å². The van der Waals surface area contributed by atoms with Crippen molar-refractivity contribution in [3.8, 4) is 28.5 Å². The van der Waals surface area contributed by atoms with Gasteiger partial charge in [0.05, 0.1) is 19.0 Å². The van der Waals surface area contributed by atoms with Crippen LogP contribution in [0, 0.1) is 0 Å². The van der Waals surface area contributed by atoms with Gasteiger partial charge in [-0.1, -0.05) is 6.07 Å². The zero-order valence-electron chi connectivity index (χ0n) is 12.4. The van der Waals surface area contributed by atoms with Gasteiger partial charge in [0.25, 0.3) is 0 Å². The van der Waals surface area contributed by atoms with Crippen molar-refractivity contribution in [2.24, 2.45) is 0 Å². The molecule has 0 bridgehead atoms. The molecule has 0 atom stereocenters. The molecule has 3 heterocycles. The van der Waals surface area contributed by atoms with Crippen molar-refractivity contribution in [1.29, 1.82) is 0 Å². The van der Waals surface area contributed by atoms with Gasteiger partial charge in [-0.2, -0.15) is 0 Å². The van der Waals surface area contributed by atoms with E-state index in [1.165, 1.54) is 0 Å². The Morgan fingerprint density at radius 3 is 2.78 bits per heavy atom. The van der Waals surface area contributed by atoms with E-state index in [2.05, 4.69) is 15.0 Å². The molecule has 0 radical (unpaired) electrons. The molecule has 5 nitrogen and oxygen atoms in total. The lowest BCUT2D eigenvalue weighted by molar-refractivity contribution is 0.416. The number of hydrogen-bond donors (Lipinski definition) is 0. The molecule has 4 rings (SSSR count). The molecule has 0 aliphatic heterocycles. The first-order valence-corrected chi connectivity index (χ1v) is 7.15. The fourth-order valence-corrected chi connectivity index (χ4v) is 2.46. The third-order valence-corrected chi connectivity index (χ3v) is 3.58. The molecule has 0 aliphatic carbocycles. The second-order valence-electron chi connectivity index (χ2n) is 4.99. The molecule has 23 heavy (non-hydrogen) atoms. The van der Waals surface area contributed by atoms with Crippen LogP contribution in [-0.2, 0) is 0 Å². The molecule has 0 saturated carbocycles. The van der Waals surface area contributed by atoms with Crippen LogP contribution in [0.3, 0.4) is 0 Å². The Morgan fingerprint density at radius 1 is 1.04 bits per heavy atom. The van der Waals surface area contributed by atoms with E-state index < -0.39 is 0 Å². The number of fused-ring (bicyclic) bond motifs is 1. The van der Waals surface area contributed by atoms with Gasteiger partial charge in [-0.25, -0.2) is 4.98 Å². The van der Waals surface area contributed by atoms with Gasteiger partial charge >= 0.3 is 0 Å². The van der Waals surface area contributed by atoms with E-state index in [1.807, 2.05) is 36.4 Å². The van der Waals surface area contributed by atoms with Crippen molar-refractivity contribution in [3.05, 3.63) is 61.1 Å². The maximum Gasteiger partial charge on any atom is 0.227 e. The number of ether oxygens (including phenoxy) is 1. The number of rotatable bonds is 3. The second-order valence-corrected chi connectivity index (χ2v) is 4.99. The number of aromatic nitrogens is 3. The van der Waals surface area contributed by atoms with Gasteiger partial charge in [0, 0.05) is 29.6 Å². The Morgan fingerprint density at radius 2 is 2.00 bits per heavy atom. The van der Waals surface area contributed by atoms with E-state index in [-0.39, 0.29) is 0 Å². The molecule has 0 unspecified atom stereocenters. The average Bonchev–Trinajstić information content (AvgIpc) is 3.06. The van der Waals surface area contributed by atoms with Gasteiger partial charge in [-0.05, 0) is 30.3 Å².